The molecule has 0 N–H and O–H groups in total. The molecule has 118 valence electrons. The smallest absolute Gasteiger partial charge is 0.293 e. The van der Waals surface area contributed by atoms with Crippen molar-refractivity contribution >= 4 is 6.47 Å². The third kappa shape index (κ3) is 8.57. The lowest BCUT2D eigenvalue weighted by atomic mass is 9.91. The Bertz CT molecular complexity index is 225. The second-order valence-electron chi connectivity index (χ2n) is 6.16. The zero-order valence-electron chi connectivity index (χ0n) is 13.3. The summed E-state index contributed by atoms with van der Waals surface area (Å²) in [6.45, 7) is 7.36. The molecule has 0 unspecified atom stereocenters. The fraction of sp³-hybridized carbons (Fsp3) is 0.941. The van der Waals surface area contributed by atoms with E-state index in [1.165, 1.54) is 77.4 Å². The van der Waals surface area contributed by atoms with E-state index in [9.17, 15) is 4.79 Å². The van der Waals surface area contributed by atoms with Crippen molar-refractivity contribution in [1.29, 1.82) is 0 Å². The first-order chi connectivity index (χ1) is 9.86. The topological polar surface area (TPSA) is 29.5 Å². The lowest BCUT2D eigenvalue weighted by Gasteiger charge is -2.32. The molecule has 0 amide bonds. The van der Waals surface area contributed by atoms with Crippen molar-refractivity contribution in [2.75, 3.05) is 26.2 Å². The summed E-state index contributed by atoms with van der Waals surface area (Å²) >= 11 is 0. The Labute approximate surface area is 125 Å². The second-order valence-corrected chi connectivity index (χ2v) is 6.16. The fourth-order valence-electron chi connectivity index (χ4n) is 3.10. The first kappa shape index (κ1) is 17.5. The molecule has 0 bridgehead atoms. The van der Waals surface area contributed by atoms with Crippen LogP contribution in [0.15, 0.2) is 0 Å². The zero-order chi connectivity index (χ0) is 14.5. The lowest BCUT2D eigenvalue weighted by molar-refractivity contribution is -0.128. The number of nitrogens with zero attached hydrogens (tertiary/aromatic N) is 1. The molecule has 0 aromatic carbocycles. The van der Waals surface area contributed by atoms with Crippen molar-refractivity contribution in [3.63, 3.8) is 0 Å². The fourth-order valence-corrected chi connectivity index (χ4v) is 3.10. The van der Waals surface area contributed by atoms with Gasteiger partial charge in [-0.05, 0) is 51.2 Å². The molecule has 3 nitrogen and oxygen atoms in total. The summed E-state index contributed by atoms with van der Waals surface area (Å²) < 4.78 is 4.71. The van der Waals surface area contributed by atoms with E-state index in [-0.39, 0.29) is 0 Å². The average Bonchev–Trinajstić information content (AvgIpc) is 2.49. The van der Waals surface area contributed by atoms with Gasteiger partial charge in [-0.3, -0.25) is 4.79 Å². The quantitative estimate of drug-likeness (QED) is 0.400. The van der Waals surface area contributed by atoms with Gasteiger partial charge < -0.3 is 9.64 Å². The van der Waals surface area contributed by atoms with Crippen LogP contribution >= 0.6 is 0 Å². The van der Waals surface area contributed by atoms with Crippen LogP contribution in [-0.2, 0) is 9.53 Å². The summed E-state index contributed by atoms with van der Waals surface area (Å²) in [7, 11) is 0. The summed E-state index contributed by atoms with van der Waals surface area (Å²) in [6, 6.07) is 0. The molecular formula is C17H33NO2. The number of unbranched alkanes of at least 4 members (excludes halogenated alkanes) is 5. The van der Waals surface area contributed by atoms with Crippen molar-refractivity contribution in [3.8, 4) is 0 Å². The number of carbonyl (C=O) groups excluding carboxylic acids is 1. The van der Waals surface area contributed by atoms with Crippen LogP contribution in [0.25, 0.3) is 0 Å². The van der Waals surface area contributed by atoms with Crippen LogP contribution in [0.3, 0.4) is 0 Å². The Hall–Kier alpha value is -0.570. The van der Waals surface area contributed by atoms with Gasteiger partial charge >= 0.3 is 0 Å². The van der Waals surface area contributed by atoms with Gasteiger partial charge in [0.25, 0.3) is 6.47 Å². The molecule has 1 aliphatic rings. The SMILES string of the molecule is CCCCCCN1CCC(CCCCCOC=O)CC1. The monoisotopic (exact) mass is 283 g/mol. The Kier molecular flexibility index (Phi) is 10.7. The number of likely N-dealkylation sites (tertiary alicyclic amines) is 1. The molecule has 0 spiro atoms. The standard InChI is InChI=1S/C17H33NO2/c1-2-3-4-7-12-18-13-10-17(11-14-18)9-6-5-8-15-20-16-19/h16-17H,2-15H2,1H3. The summed E-state index contributed by atoms with van der Waals surface area (Å²) in [5.41, 5.74) is 0. The summed E-state index contributed by atoms with van der Waals surface area (Å²) in [5.74, 6) is 0.939. The van der Waals surface area contributed by atoms with Crippen LogP contribution in [-0.4, -0.2) is 37.6 Å². The van der Waals surface area contributed by atoms with Crippen LogP contribution < -0.4 is 0 Å². The van der Waals surface area contributed by atoms with Crippen molar-refractivity contribution in [3.05, 3.63) is 0 Å². The number of hydrogen-bond donors (Lipinski definition) is 0. The van der Waals surface area contributed by atoms with Gasteiger partial charge in [-0.15, -0.1) is 0 Å². The van der Waals surface area contributed by atoms with E-state index in [4.69, 9.17) is 4.74 Å². The molecule has 0 aliphatic carbocycles. The maximum atomic E-state index is 10.0. The Morgan fingerprint density at radius 2 is 1.80 bits per heavy atom. The third-order valence-electron chi connectivity index (χ3n) is 4.48. The largest absolute Gasteiger partial charge is 0.468 e. The van der Waals surface area contributed by atoms with Crippen LogP contribution in [0.4, 0.5) is 0 Å². The Morgan fingerprint density at radius 1 is 1.05 bits per heavy atom. The van der Waals surface area contributed by atoms with Gasteiger partial charge in [0.1, 0.15) is 0 Å². The van der Waals surface area contributed by atoms with E-state index < -0.39 is 0 Å². The number of ether oxygens (including phenoxy) is 1. The number of carbonyl (C=O) groups is 1. The van der Waals surface area contributed by atoms with Crippen LogP contribution in [0.1, 0.15) is 71.1 Å². The highest BCUT2D eigenvalue weighted by atomic mass is 16.5. The minimum Gasteiger partial charge on any atom is -0.468 e. The van der Waals surface area contributed by atoms with Crippen LogP contribution in [0, 0.1) is 5.92 Å². The highest BCUT2D eigenvalue weighted by Gasteiger charge is 2.18. The highest BCUT2D eigenvalue weighted by molar-refractivity contribution is 5.36. The number of piperidine rings is 1. The van der Waals surface area contributed by atoms with Gasteiger partial charge in [-0.2, -0.15) is 0 Å². The van der Waals surface area contributed by atoms with Crippen molar-refractivity contribution < 1.29 is 9.53 Å². The predicted molar refractivity (Wildman–Crippen MR) is 83.8 cm³/mol. The van der Waals surface area contributed by atoms with Gasteiger partial charge in [0.15, 0.2) is 0 Å². The highest BCUT2D eigenvalue weighted by Crippen LogP contribution is 2.23. The molecule has 20 heavy (non-hydrogen) atoms. The third-order valence-corrected chi connectivity index (χ3v) is 4.48. The molecule has 1 aliphatic heterocycles. The van der Waals surface area contributed by atoms with E-state index in [1.54, 1.807) is 0 Å². The predicted octanol–water partition coefficient (Wildman–Crippen LogP) is 4.01. The molecular weight excluding hydrogens is 250 g/mol. The van der Waals surface area contributed by atoms with E-state index in [0.717, 1.165) is 12.3 Å². The molecule has 3 heteroatoms. The lowest BCUT2D eigenvalue weighted by Crippen LogP contribution is -2.34. The van der Waals surface area contributed by atoms with E-state index in [1.807, 2.05) is 0 Å². The van der Waals surface area contributed by atoms with Crippen molar-refractivity contribution in [2.45, 2.75) is 71.1 Å². The minimum absolute atomic E-state index is 0.552. The summed E-state index contributed by atoms with van der Waals surface area (Å²) in [4.78, 5) is 12.7. The van der Waals surface area contributed by atoms with Crippen molar-refractivity contribution in [1.82, 2.24) is 4.90 Å². The van der Waals surface area contributed by atoms with Gasteiger partial charge in [-0.1, -0.05) is 45.4 Å². The van der Waals surface area contributed by atoms with E-state index >= 15 is 0 Å². The van der Waals surface area contributed by atoms with E-state index in [0.29, 0.717) is 13.1 Å². The molecule has 0 saturated carbocycles. The van der Waals surface area contributed by atoms with Gasteiger partial charge in [0, 0.05) is 0 Å². The molecule has 1 rings (SSSR count). The second kappa shape index (κ2) is 12.2. The Balaban J connectivity index is 1.92. The Morgan fingerprint density at radius 3 is 2.50 bits per heavy atom. The van der Waals surface area contributed by atoms with Gasteiger partial charge in [0.05, 0.1) is 6.61 Å². The molecule has 0 atom stereocenters. The molecule has 0 aromatic heterocycles. The summed E-state index contributed by atoms with van der Waals surface area (Å²) in [6.07, 6.45) is 13.2. The first-order valence-electron chi connectivity index (χ1n) is 8.64. The zero-order valence-corrected chi connectivity index (χ0v) is 13.3. The van der Waals surface area contributed by atoms with E-state index in [2.05, 4.69) is 11.8 Å². The molecule has 1 saturated heterocycles. The van der Waals surface area contributed by atoms with Gasteiger partial charge in [0.2, 0.25) is 0 Å². The molecule has 1 heterocycles. The molecule has 0 aromatic rings. The normalized spacial score (nSPS) is 17.2. The maximum absolute atomic E-state index is 10.0. The average molecular weight is 283 g/mol. The van der Waals surface area contributed by atoms with Crippen LogP contribution in [0.5, 0.6) is 0 Å². The molecule has 1 fully saturated rings. The first-order valence-corrected chi connectivity index (χ1v) is 8.64. The summed E-state index contributed by atoms with van der Waals surface area (Å²) in [5, 5.41) is 0. The minimum atomic E-state index is 0.552. The molecule has 0 radical (unpaired) electrons. The van der Waals surface area contributed by atoms with Crippen molar-refractivity contribution in [2.24, 2.45) is 5.92 Å². The number of hydrogen-bond acceptors (Lipinski definition) is 3. The van der Waals surface area contributed by atoms with Gasteiger partial charge in [-0.25, -0.2) is 0 Å². The maximum Gasteiger partial charge on any atom is 0.293 e. The number of rotatable bonds is 12. The van der Waals surface area contributed by atoms with Crippen LogP contribution in [0.2, 0.25) is 0 Å².